The van der Waals surface area contributed by atoms with Gasteiger partial charge in [-0.25, -0.2) is 0 Å². The molecule has 0 saturated heterocycles. The summed E-state index contributed by atoms with van der Waals surface area (Å²) in [5.41, 5.74) is 0.157. The van der Waals surface area contributed by atoms with Gasteiger partial charge in [-0.2, -0.15) is 0 Å². The van der Waals surface area contributed by atoms with E-state index in [1.165, 1.54) is 0 Å². The van der Waals surface area contributed by atoms with E-state index in [1.54, 1.807) is 0 Å². The third kappa shape index (κ3) is 5.43. The van der Waals surface area contributed by atoms with E-state index in [0.29, 0.717) is 12.3 Å². The fourth-order valence-corrected chi connectivity index (χ4v) is 1.57. The van der Waals surface area contributed by atoms with Gasteiger partial charge in [-0.3, -0.25) is 4.79 Å². The molecular weight excluding hydrogens is 200 g/mol. The number of hydrogen-bond donors (Lipinski definition) is 0. The topological polar surface area (TPSA) is 34.1 Å². The lowest BCUT2D eigenvalue weighted by atomic mass is 9.80. The predicted molar refractivity (Wildman–Crippen MR) is 67.3 cm³/mol. The first-order valence-corrected chi connectivity index (χ1v) is 6.17. The van der Waals surface area contributed by atoms with Gasteiger partial charge in [0.1, 0.15) is 12.1 Å². The van der Waals surface area contributed by atoms with Crippen molar-refractivity contribution in [2.45, 2.75) is 54.4 Å². The van der Waals surface area contributed by atoms with Gasteiger partial charge in [-0.15, -0.1) is 0 Å². The van der Waals surface area contributed by atoms with Crippen molar-refractivity contribution in [2.24, 2.45) is 23.2 Å². The van der Waals surface area contributed by atoms with E-state index >= 15 is 0 Å². The van der Waals surface area contributed by atoms with E-state index in [9.17, 15) is 9.59 Å². The third-order valence-corrected chi connectivity index (χ3v) is 3.26. The molecule has 0 heterocycles. The normalized spacial score (nSPS) is 15.9. The zero-order valence-electron chi connectivity index (χ0n) is 11.5. The van der Waals surface area contributed by atoms with E-state index < -0.39 is 5.92 Å². The second kappa shape index (κ2) is 6.17. The van der Waals surface area contributed by atoms with Crippen LogP contribution in [0.5, 0.6) is 0 Å². The molecule has 0 radical (unpaired) electrons. The fourth-order valence-electron chi connectivity index (χ4n) is 1.57. The predicted octanol–water partition coefficient (Wildman–Crippen LogP) is 3.49. The first kappa shape index (κ1) is 15.3. The number of carbonyl (C=O) groups excluding carboxylic acids is 2. The number of rotatable bonds is 6. The lowest BCUT2D eigenvalue weighted by molar-refractivity contribution is -0.130. The van der Waals surface area contributed by atoms with E-state index in [-0.39, 0.29) is 17.1 Å². The number of aldehydes is 1. The third-order valence-electron chi connectivity index (χ3n) is 3.26. The van der Waals surface area contributed by atoms with Crippen LogP contribution in [0.4, 0.5) is 0 Å². The lowest BCUT2D eigenvalue weighted by Gasteiger charge is -2.23. The number of Topliss-reactive ketones (excluding diaryl/α,β-unsaturated/α-hetero) is 1. The second-order valence-corrected chi connectivity index (χ2v) is 6.29. The molecule has 2 atom stereocenters. The van der Waals surface area contributed by atoms with Crippen molar-refractivity contribution >= 4 is 12.1 Å². The molecule has 2 unspecified atom stereocenters. The van der Waals surface area contributed by atoms with Crippen LogP contribution in [0.1, 0.15) is 54.4 Å². The van der Waals surface area contributed by atoms with Crippen molar-refractivity contribution in [3.05, 3.63) is 0 Å². The molecule has 0 aromatic carbocycles. The van der Waals surface area contributed by atoms with Crippen LogP contribution in [0, 0.1) is 23.2 Å². The van der Waals surface area contributed by atoms with E-state index in [4.69, 9.17) is 0 Å². The number of carbonyl (C=O) groups is 2. The van der Waals surface area contributed by atoms with E-state index in [1.807, 2.05) is 6.92 Å². The summed E-state index contributed by atoms with van der Waals surface area (Å²) in [5, 5.41) is 0. The molecular formula is C14H26O2. The van der Waals surface area contributed by atoms with Gasteiger partial charge < -0.3 is 4.79 Å². The first-order valence-electron chi connectivity index (χ1n) is 6.17. The molecule has 0 rings (SSSR count). The van der Waals surface area contributed by atoms with Crippen LogP contribution in [0.15, 0.2) is 0 Å². The van der Waals surface area contributed by atoms with Crippen LogP contribution in [0.2, 0.25) is 0 Å². The molecule has 0 aliphatic heterocycles. The summed E-state index contributed by atoms with van der Waals surface area (Å²) in [6.45, 7) is 12.4. The van der Waals surface area contributed by atoms with Gasteiger partial charge >= 0.3 is 0 Å². The van der Waals surface area contributed by atoms with Crippen molar-refractivity contribution < 1.29 is 9.59 Å². The lowest BCUT2D eigenvalue weighted by Crippen LogP contribution is -2.27. The maximum absolute atomic E-state index is 11.9. The van der Waals surface area contributed by atoms with Crippen LogP contribution in [0.25, 0.3) is 0 Å². The van der Waals surface area contributed by atoms with Crippen LogP contribution < -0.4 is 0 Å². The van der Waals surface area contributed by atoms with Gasteiger partial charge in [0.25, 0.3) is 0 Å². The quantitative estimate of drug-likeness (QED) is 0.513. The SMILES string of the molecule is CC(C)C(C)C(C=O)C(=O)CCC(C)(C)C. The maximum Gasteiger partial charge on any atom is 0.143 e. The Bertz CT molecular complexity index is 236. The van der Waals surface area contributed by atoms with Crippen molar-refractivity contribution in [3.63, 3.8) is 0 Å². The molecule has 2 nitrogen and oxygen atoms in total. The Morgan fingerprint density at radius 3 is 2.00 bits per heavy atom. The summed E-state index contributed by atoms with van der Waals surface area (Å²) in [4.78, 5) is 22.9. The highest BCUT2D eigenvalue weighted by atomic mass is 16.1. The highest BCUT2D eigenvalue weighted by molar-refractivity contribution is 5.93. The Morgan fingerprint density at radius 1 is 1.19 bits per heavy atom. The molecule has 16 heavy (non-hydrogen) atoms. The van der Waals surface area contributed by atoms with E-state index in [0.717, 1.165) is 12.7 Å². The minimum atomic E-state index is -0.414. The zero-order chi connectivity index (χ0) is 12.9. The molecule has 0 fully saturated rings. The Kier molecular flexibility index (Phi) is 5.91. The van der Waals surface area contributed by atoms with Crippen molar-refractivity contribution in [1.82, 2.24) is 0 Å². The average molecular weight is 226 g/mol. The van der Waals surface area contributed by atoms with Gasteiger partial charge in [0.15, 0.2) is 0 Å². The first-order chi connectivity index (χ1) is 7.19. The van der Waals surface area contributed by atoms with Crippen LogP contribution in [-0.4, -0.2) is 12.1 Å². The van der Waals surface area contributed by atoms with Crippen LogP contribution >= 0.6 is 0 Å². The molecule has 0 aliphatic carbocycles. The zero-order valence-corrected chi connectivity index (χ0v) is 11.5. The Hall–Kier alpha value is -0.660. The van der Waals surface area contributed by atoms with Gasteiger partial charge in [0.2, 0.25) is 0 Å². The summed E-state index contributed by atoms with van der Waals surface area (Å²) in [7, 11) is 0. The summed E-state index contributed by atoms with van der Waals surface area (Å²) in [5.74, 6) is 0.201. The summed E-state index contributed by atoms with van der Waals surface area (Å²) in [6.07, 6.45) is 2.20. The molecule has 0 spiro atoms. The highest BCUT2D eigenvalue weighted by Crippen LogP contribution is 2.25. The van der Waals surface area contributed by atoms with Crippen molar-refractivity contribution in [2.75, 3.05) is 0 Å². The summed E-state index contributed by atoms with van der Waals surface area (Å²) >= 11 is 0. The van der Waals surface area contributed by atoms with Gasteiger partial charge in [-0.05, 0) is 23.7 Å². The second-order valence-electron chi connectivity index (χ2n) is 6.29. The number of ketones is 1. The summed E-state index contributed by atoms with van der Waals surface area (Å²) < 4.78 is 0. The van der Waals surface area contributed by atoms with Crippen molar-refractivity contribution in [3.8, 4) is 0 Å². The molecule has 0 aliphatic rings. The van der Waals surface area contributed by atoms with Gasteiger partial charge in [0, 0.05) is 6.42 Å². The Morgan fingerprint density at radius 2 is 1.69 bits per heavy atom. The molecule has 0 N–H and O–H groups in total. The van der Waals surface area contributed by atoms with Crippen molar-refractivity contribution in [1.29, 1.82) is 0 Å². The maximum atomic E-state index is 11.9. The molecule has 2 heteroatoms. The molecule has 0 amide bonds. The molecule has 94 valence electrons. The average Bonchev–Trinajstić information content (AvgIpc) is 2.14. The molecule has 0 saturated carbocycles. The number of hydrogen-bond acceptors (Lipinski definition) is 2. The Labute approximate surface area is 99.8 Å². The highest BCUT2D eigenvalue weighted by Gasteiger charge is 2.27. The van der Waals surface area contributed by atoms with Crippen LogP contribution in [0.3, 0.4) is 0 Å². The Balaban J connectivity index is 4.38. The monoisotopic (exact) mass is 226 g/mol. The van der Waals surface area contributed by atoms with Gasteiger partial charge in [0.05, 0.1) is 5.92 Å². The molecule has 0 bridgehead atoms. The standard InChI is InChI=1S/C14H26O2/c1-10(2)11(3)12(9-15)13(16)7-8-14(4,5)6/h9-12H,7-8H2,1-6H3. The largest absolute Gasteiger partial charge is 0.303 e. The summed E-state index contributed by atoms with van der Waals surface area (Å²) in [6, 6.07) is 0. The van der Waals surface area contributed by atoms with Gasteiger partial charge in [-0.1, -0.05) is 41.5 Å². The van der Waals surface area contributed by atoms with Crippen LogP contribution in [-0.2, 0) is 9.59 Å². The molecule has 0 aromatic heterocycles. The minimum Gasteiger partial charge on any atom is -0.303 e. The van der Waals surface area contributed by atoms with E-state index in [2.05, 4.69) is 34.6 Å². The minimum absolute atomic E-state index is 0.103. The molecule has 0 aromatic rings. The fraction of sp³-hybridized carbons (Fsp3) is 0.857. The smallest absolute Gasteiger partial charge is 0.143 e.